The molecule has 10 heteroatoms. The molecule has 0 radical (unpaired) electrons. The lowest BCUT2D eigenvalue weighted by atomic mass is 9.96. The molecule has 2 aliphatic rings. The number of sulfone groups is 1. The monoisotopic (exact) mass is 392 g/mol. The summed E-state index contributed by atoms with van der Waals surface area (Å²) >= 11 is 0. The van der Waals surface area contributed by atoms with E-state index in [1.54, 1.807) is 0 Å². The Balaban J connectivity index is 1.45. The average molecular weight is 392 g/mol. The Morgan fingerprint density at radius 1 is 1.31 bits per heavy atom. The zero-order valence-electron chi connectivity index (χ0n) is 13.9. The first-order valence-electron chi connectivity index (χ1n) is 8.21. The molecule has 1 atom stereocenters. The second-order valence-corrected chi connectivity index (χ2v) is 9.20. The molecule has 1 N–H and O–H groups in total. The van der Waals surface area contributed by atoms with Crippen molar-refractivity contribution in [2.24, 2.45) is 11.3 Å². The Morgan fingerprint density at radius 3 is 2.58 bits per heavy atom. The van der Waals surface area contributed by atoms with E-state index in [9.17, 15) is 26.4 Å². The average Bonchev–Trinajstić information content (AvgIpc) is 3.29. The lowest BCUT2D eigenvalue weighted by Gasteiger charge is -2.22. The van der Waals surface area contributed by atoms with Crippen LogP contribution in [0.2, 0.25) is 0 Å². The Labute approximate surface area is 149 Å². The van der Waals surface area contributed by atoms with Crippen molar-refractivity contribution in [3.63, 3.8) is 0 Å². The van der Waals surface area contributed by atoms with Gasteiger partial charge in [0.2, 0.25) is 11.8 Å². The zero-order valence-corrected chi connectivity index (χ0v) is 14.7. The first kappa shape index (κ1) is 18.9. The molecule has 1 aromatic rings. The smallest absolute Gasteiger partial charge is 0.422 e. The van der Waals surface area contributed by atoms with Gasteiger partial charge in [-0.25, -0.2) is 13.4 Å². The molecule has 1 spiro atoms. The number of alkyl halides is 3. The summed E-state index contributed by atoms with van der Waals surface area (Å²) in [6.07, 6.45) is -1.31. The third-order valence-electron chi connectivity index (χ3n) is 4.98. The molecule has 1 saturated carbocycles. The van der Waals surface area contributed by atoms with E-state index in [0.717, 1.165) is 0 Å². The van der Waals surface area contributed by atoms with Crippen molar-refractivity contribution in [2.45, 2.75) is 32.0 Å². The van der Waals surface area contributed by atoms with Crippen molar-refractivity contribution in [2.75, 3.05) is 18.1 Å². The number of aromatic nitrogens is 1. The van der Waals surface area contributed by atoms with Crippen LogP contribution in [-0.4, -0.2) is 43.6 Å². The van der Waals surface area contributed by atoms with Crippen molar-refractivity contribution in [3.8, 4) is 5.88 Å². The van der Waals surface area contributed by atoms with E-state index in [-0.39, 0.29) is 41.2 Å². The van der Waals surface area contributed by atoms with Gasteiger partial charge in [0, 0.05) is 24.7 Å². The maximum Gasteiger partial charge on any atom is 0.422 e. The summed E-state index contributed by atoms with van der Waals surface area (Å²) in [7, 11) is -2.96. The predicted octanol–water partition coefficient (Wildman–Crippen LogP) is 1.85. The van der Waals surface area contributed by atoms with Crippen molar-refractivity contribution >= 4 is 15.7 Å². The lowest BCUT2D eigenvalue weighted by molar-refractivity contribution is -0.154. The van der Waals surface area contributed by atoms with Gasteiger partial charge < -0.3 is 10.1 Å². The van der Waals surface area contributed by atoms with E-state index in [2.05, 4.69) is 15.0 Å². The summed E-state index contributed by atoms with van der Waals surface area (Å²) in [5.41, 5.74) is 0.460. The highest BCUT2D eigenvalue weighted by molar-refractivity contribution is 7.91. The largest absolute Gasteiger partial charge is 0.468 e. The molecule has 1 unspecified atom stereocenters. The Kier molecular flexibility index (Phi) is 4.89. The first-order valence-corrected chi connectivity index (χ1v) is 10.0. The highest BCUT2D eigenvalue weighted by Crippen LogP contribution is 2.59. The number of rotatable bonds is 5. The number of amides is 1. The van der Waals surface area contributed by atoms with Crippen LogP contribution in [0.25, 0.3) is 0 Å². The standard InChI is InChI=1S/C16H19F3N2O4S/c17-16(18,19)10-25-13-2-1-11(8-20-13)9-21-14(22)12-7-15(12)3-5-26(23,24)6-4-15/h1-2,8,12H,3-7,9-10H2,(H,21,22). The summed E-state index contributed by atoms with van der Waals surface area (Å²) < 4.78 is 63.7. The second kappa shape index (κ2) is 6.71. The number of ether oxygens (including phenoxy) is 1. The molecule has 0 aromatic carbocycles. The highest BCUT2D eigenvalue weighted by atomic mass is 32.2. The maximum absolute atomic E-state index is 12.3. The van der Waals surface area contributed by atoms with Crippen LogP contribution in [0.4, 0.5) is 13.2 Å². The number of halogens is 3. The molecule has 1 saturated heterocycles. The maximum atomic E-state index is 12.3. The van der Waals surface area contributed by atoms with Gasteiger partial charge in [0.15, 0.2) is 6.61 Å². The molecule has 1 amide bonds. The lowest BCUT2D eigenvalue weighted by Crippen LogP contribution is -2.31. The van der Waals surface area contributed by atoms with Gasteiger partial charge in [-0.2, -0.15) is 13.2 Å². The van der Waals surface area contributed by atoms with Gasteiger partial charge in [-0.05, 0) is 30.2 Å². The number of pyridine rings is 1. The molecule has 3 rings (SSSR count). The topological polar surface area (TPSA) is 85.4 Å². The van der Waals surface area contributed by atoms with Crippen LogP contribution in [0.3, 0.4) is 0 Å². The number of carbonyl (C=O) groups is 1. The summed E-state index contributed by atoms with van der Waals surface area (Å²) in [6.45, 7) is -1.20. The van der Waals surface area contributed by atoms with E-state index >= 15 is 0 Å². The molecule has 2 fully saturated rings. The van der Waals surface area contributed by atoms with E-state index in [4.69, 9.17) is 0 Å². The Bertz CT molecular complexity index is 764. The van der Waals surface area contributed by atoms with E-state index in [1.807, 2.05) is 0 Å². The second-order valence-electron chi connectivity index (χ2n) is 6.90. The molecular formula is C16H19F3N2O4S. The number of carbonyl (C=O) groups excluding carboxylic acids is 1. The molecule has 1 aliphatic carbocycles. The Hall–Kier alpha value is -1.84. The Morgan fingerprint density at radius 2 is 2.00 bits per heavy atom. The number of nitrogens with one attached hydrogen (secondary N) is 1. The van der Waals surface area contributed by atoms with Gasteiger partial charge in [-0.3, -0.25) is 4.79 Å². The SMILES string of the molecule is O=C(NCc1ccc(OCC(F)(F)F)nc1)C1CC12CCS(=O)(=O)CC2. The molecule has 144 valence electrons. The molecule has 6 nitrogen and oxygen atoms in total. The molecule has 2 heterocycles. The normalized spacial score (nSPS) is 23.4. The van der Waals surface area contributed by atoms with Crippen LogP contribution < -0.4 is 10.1 Å². The van der Waals surface area contributed by atoms with Crippen LogP contribution >= 0.6 is 0 Å². The fourth-order valence-electron chi connectivity index (χ4n) is 3.28. The van der Waals surface area contributed by atoms with Crippen molar-refractivity contribution < 1.29 is 31.1 Å². The molecule has 1 aliphatic heterocycles. The number of hydrogen-bond donors (Lipinski definition) is 1. The minimum Gasteiger partial charge on any atom is -0.468 e. The summed E-state index contributed by atoms with van der Waals surface area (Å²) in [5.74, 6) is -0.149. The van der Waals surface area contributed by atoms with Crippen LogP contribution in [0.15, 0.2) is 18.3 Å². The van der Waals surface area contributed by atoms with Crippen LogP contribution in [0.5, 0.6) is 5.88 Å². The van der Waals surface area contributed by atoms with E-state index in [1.165, 1.54) is 18.3 Å². The third kappa shape index (κ3) is 4.66. The summed E-state index contributed by atoms with van der Waals surface area (Å²) in [4.78, 5) is 16.0. The first-order chi connectivity index (χ1) is 12.1. The number of nitrogens with zero attached hydrogens (tertiary/aromatic N) is 1. The minimum atomic E-state index is -4.42. The van der Waals surface area contributed by atoms with Gasteiger partial charge in [-0.1, -0.05) is 6.07 Å². The van der Waals surface area contributed by atoms with Crippen molar-refractivity contribution in [3.05, 3.63) is 23.9 Å². The quantitative estimate of drug-likeness (QED) is 0.827. The fraction of sp³-hybridized carbons (Fsp3) is 0.625. The summed E-state index contributed by atoms with van der Waals surface area (Å²) in [6, 6.07) is 2.85. The summed E-state index contributed by atoms with van der Waals surface area (Å²) in [5, 5.41) is 2.78. The number of hydrogen-bond acceptors (Lipinski definition) is 5. The zero-order chi connectivity index (χ0) is 19.0. The minimum absolute atomic E-state index is 0.123. The van der Waals surface area contributed by atoms with E-state index in [0.29, 0.717) is 24.8 Å². The molecule has 1 aromatic heterocycles. The van der Waals surface area contributed by atoms with Gasteiger partial charge in [0.1, 0.15) is 9.84 Å². The van der Waals surface area contributed by atoms with Crippen LogP contribution in [0, 0.1) is 11.3 Å². The van der Waals surface area contributed by atoms with Crippen molar-refractivity contribution in [1.29, 1.82) is 0 Å². The van der Waals surface area contributed by atoms with Gasteiger partial charge in [0.05, 0.1) is 11.5 Å². The molecule has 26 heavy (non-hydrogen) atoms. The molecular weight excluding hydrogens is 373 g/mol. The van der Waals surface area contributed by atoms with Gasteiger partial charge in [0.25, 0.3) is 0 Å². The molecule has 0 bridgehead atoms. The third-order valence-corrected chi connectivity index (χ3v) is 6.63. The fourth-order valence-corrected chi connectivity index (χ4v) is 4.92. The van der Waals surface area contributed by atoms with Crippen LogP contribution in [-0.2, 0) is 21.2 Å². The van der Waals surface area contributed by atoms with Crippen LogP contribution in [0.1, 0.15) is 24.8 Å². The highest BCUT2D eigenvalue weighted by Gasteiger charge is 2.59. The predicted molar refractivity (Wildman–Crippen MR) is 86.1 cm³/mol. The van der Waals surface area contributed by atoms with Gasteiger partial charge in [-0.15, -0.1) is 0 Å². The van der Waals surface area contributed by atoms with E-state index < -0.39 is 22.6 Å². The van der Waals surface area contributed by atoms with Gasteiger partial charge >= 0.3 is 6.18 Å². The van der Waals surface area contributed by atoms with Crippen molar-refractivity contribution in [1.82, 2.24) is 10.3 Å².